The summed E-state index contributed by atoms with van der Waals surface area (Å²) >= 11 is 11.0. The van der Waals surface area contributed by atoms with Crippen molar-refractivity contribution in [2.45, 2.75) is 6.42 Å². The maximum Gasteiger partial charge on any atom is 0.126 e. The van der Waals surface area contributed by atoms with Gasteiger partial charge in [-0.05, 0) is 33.4 Å². The fourth-order valence-electron chi connectivity index (χ4n) is 1.26. The van der Waals surface area contributed by atoms with Crippen molar-refractivity contribution in [3.8, 4) is 0 Å². The van der Waals surface area contributed by atoms with Crippen LogP contribution in [0.25, 0.3) is 0 Å². The summed E-state index contributed by atoms with van der Waals surface area (Å²) in [5, 5.41) is 2.65. The molecule has 2 aromatic heterocycles. The van der Waals surface area contributed by atoms with E-state index in [1.807, 2.05) is 17.5 Å². The molecule has 0 radical (unpaired) electrons. The van der Waals surface area contributed by atoms with E-state index < -0.39 is 0 Å². The Morgan fingerprint density at radius 1 is 1.53 bits per heavy atom. The predicted octanol–water partition coefficient (Wildman–Crippen LogP) is 3.73. The zero-order chi connectivity index (χ0) is 10.8. The smallest absolute Gasteiger partial charge is 0.126 e. The van der Waals surface area contributed by atoms with Crippen LogP contribution in [0.4, 0.5) is 5.82 Å². The van der Waals surface area contributed by atoms with Gasteiger partial charge in [0.2, 0.25) is 0 Å². The Kier molecular flexibility index (Phi) is 3.29. The number of nitrogens with zero attached hydrogens (tertiary/aromatic N) is 1. The highest BCUT2D eigenvalue weighted by molar-refractivity contribution is 9.10. The van der Waals surface area contributed by atoms with Crippen LogP contribution in [0.15, 0.2) is 28.2 Å². The summed E-state index contributed by atoms with van der Waals surface area (Å²) in [6, 6.07) is 3.88. The maximum absolute atomic E-state index is 5.87. The fourth-order valence-corrected chi connectivity index (χ4v) is 2.95. The number of halogens is 2. The Bertz CT molecular complexity index is 484. The lowest BCUT2D eigenvalue weighted by molar-refractivity contribution is 1.18. The van der Waals surface area contributed by atoms with Gasteiger partial charge >= 0.3 is 0 Å². The molecule has 0 aliphatic carbocycles. The molecule has 0 atom stereocenters. The highest BCUT2D eigenvalue weighted by atomic mass is 79.9. The quantitative estimate of drug-likeness (QED) is 0.918. The van der Waals surface area contributed by atoms with Crippen LogP contribution in [0, 0.1) is 0 Å². The van der Waals surface area contributed by atoms with Gasteiger partial charge in [-0.1, -0.05) is 11.6 Å². The molecule has 0 saturated heterocycles. The molecule has 2 aromatic rings. The van der Waals surface area contributed by atoms with Gasteiger partial charge in [0.1, 0.15) is 5.82 Å². The molecule has 0 unspecified atom stereocenters. The number of anilines is 1. The summed E-state index contributed by atoms with van der Waals surface area (Å²) in [5.41, 5.74) is 6.74. The van der Waals surface area contributed by atoms with E-state index in [9.17, 15) is 0 Å². The van der Waals surface area contributed by atoms with Crippen LogP contribution >= 0.6 is 38.9 Å². The number of hydrogen-bond donors (Lipinski definition) is 1. The first kappa shape index (κ1) is 10.9. The first-order chi connectivity index (χ1) is 7.16. The molecule has 2 rings (SSSR count). The second-order valence-electron chi connectivity index (χ2n) is 3.07. The topological polar surface area (TPSA) is 38.9 Å². The van der Waals surface area contributed by atoms with Crippen molar-refractivity contribution in [3.63, 3.8) is 0 Å². The first-order valence-electron chi connectivity index (χ1n) is 4.28. The molecular weight excluding hydrogens is 296 g/mol. The average Bonchev–Trinajstić information content (AvgIpc) is 2.58. The Morgan fingerprint density at radius 3 is 3.00 bits per heavy atom. The van der Waals surface area contributed by atoms with Crippen molar-refractivity contribution in [1.29, 1.82) is 0 Å². The molecule has 0 spiro atoms. The summed E-state index contributed by atoms with van der Waals surface area (Å²) in [6.07, 6.45) is 2.32. The van der Waals surface area contributed by atoms with Crippen LogP contribution in [0.1, 0.15) is 10.4 Å². The van der Waals surface area contributed by atoms with E-state index in [-0.39, 0.29) is 0 Å². The Morgan fingerprint density at radius 2 is 2.33 bits per heavy atom. The Hall–Kier alpha value is -0.580. The van der Waals surface area contributed by atoms with E-state index in [4.69, 9.17) is 17.3 Å². The molecule has 0 fully saturated rings. The van der Waals surface area contributed by atoms with Gasteiger partial charge in [0.15, 0.2) is 0 Å². The minimum Gasteiger partial charge on any atom is -0.383 e. The van der Waals surface area contributed by atoms with Gasteiger partial charge < -0.3 is 5.73 Å². The molecular formula is C10H8BrClN2S. The van der Waals surface area contributed by atoms with E-state index in [0.29, 0.717) is 10.8 Å². The van der Waals surface area contributed by atoms with Gasteiger partial charge in [-0.25, -0.2) is 4.98 Å². The Balaban J connectivity index is 2.32. The van der Waals surface area contributed by atoms with E-state index in [1.54, 1.807) is 17.5 Å². The molecule has 0 aliphatic heterocycles. The highest BCUT2D eigenvalue weighted by Gasteiger charge is 2.07. The number of rotatable bonds is 2. The molecule has 0 saturated carbocycles. The molecule has 0 bridgehead atoms. The third kappa shape index (κ3) is 2.51. The van der Waals surface area contributed by atoms with Crippen molar-refractivity contribution in [2.75, 3.05) is 5.73 Å². The zero-order valence-corrected chi connectivity index (χ0v) is 10.9. The average molecular weight is 304 g/mol. The van der Waals surface area contributed by atoms with E-state index in [2.05, 4.69) is 20.9 Å². The second kappa shape index (κ2) is 4.51. The molecule has 78 valence electrons. The molecule has 2 nitrogen and oxygen atoms in total. The second-order valence-corrected chi connectivity index (χ2v) is 5.36. The number of pyridine rings is 1. The van der Waals surface area contributed by atoms with E-state index in [0.717, 1.165) is 16.5 Å². The summed E-state index contributed by atoms with van der Waals surface area (Å²) in [5.74, 6) is 0.541. The number of nitrogen functional groups attached to an aromatic ring is 1. The van der Waals surface area contributed by atoms with Crippen molar-refractivity contribution < 1.29 is 0 Å². The summed E-state index contributed by atoms with van der Waals surface area (Å²) < 4.78 is 1.10. The summed E-state index contributed by atoms with van der Waals surface area (Å²) in [7, 11) is 0. The largest absolute Gasteiger partial charge is 0.383 e. The lowest BCUT2D eigenvalue weighted by Gasteiger charge is -2.04. The molecule has 0 aromatic carbocycles. The van der Waals surface area contributed by atoms with Gasteiger partial charge in [0, 0.05) is 27.5 Å². The van der Waals surface area contributed by atoms with Gasteiger partial charge in [0.05, 0.1) is 5.02 Å². The normalized spacial score (nSPS) is 10.5. The maximum atomic E-state index is 5.87. The van der Waals surface area contributed by atoms with Crippen molar-refractivity contribution >= 4 is 44.7 Å². The van der Waals surface area contributed by atoms with Gasteiger partial charge in [0.25, 0.3) is 0 Å². The molecule has 2 N–H and O–H groups in total. The van der Waals surface area contributed by atoms with Gasteiger partial charge in [-0.2, -0.15) is 0 Å². The van der Waals surface area contributed by atoms with E-state index >= 15 is 0 Å². The summed E-state index contributed by atoms with van der Waals surface area (Å²) in [4.78, 5) is 5.25. The van der Waals surface area contributed by atoms with Gasteiger partial charge in [-0.15, -0.1) is 11.3 Å². The molecule has 15 heavy (non-hydrogen) atoms. The zero-order valence-electron chi connectivity index (χ0n) is 7.71. The fraction of sp³-hybridized carbons (Fsp3) is 0.100. The number of hydrogen-bond acceptors (Lipinski definition) is 3. The molecule has 0 amide bonds. The third-order valence-electron chi connectivity index (χ3n) is 2.01. The molecule has 2 heterocycles. The third-order valence-corrected chi connectivity index (χ3v) is 4.14. The highest BCUT2D eigenvalue weighted by Crippen LogP contribution is 2.27. The number of aromatic nitrogens is 1. The summed E-state index contributed by atoms with van der Waals surface area (Å²) in [6.45, 7) is 0. The van der Waals surface area contributed by atoms with Gasteiger partial charge in [-0.3, -0.25) is 0 Å². The Labute approximate surface area is 105 Å². The molecule has 0 aliphatic rings. The van der Waals surface area contributed by atoms with Crippen LogP contribution < -0.4 is 5.73 Å². The van der Waals surface area contributed by atoms with Crippen LogP contribution in [-0.4, -0.2) is 4.98 Å². The van der Waals surface area contributed by atoms with E-state index in [1.165, 1.54) is 4.88 Å². The van der Waals surface area contributed by atoms with Crippen molar-refractivity contribution in [1.82, 2.24) is 4.98 Å². The minimum absolute atomic E-state index is 0.541. The van der Waals surface area contributed by atoms with Crippen molar-refractivity contribution in [3.05, 3.63) is 43.6 Å². The number of thiophene rings is 1. The minimum atomic E-state index is 0.541. The van der Waals surface area contributed by atoms with Crippen LogP contribution in [0.5, 0.6) is 0 Å². The SMILES string of the molecule is Nc1ncc(Cl)cc1Cc1sccc1Br. The van der Waals surface area contributed by atoms with Crippen LogP contribution in [0.3, 0.4) is 0 Å². The monoisotopic (exact) mass is 302 g/mol. The first-order valence-corrected chi connectivity index (χ1v) is 6.33. The lowest BCUT2D eigenvalue weighted by atomic mass is 10.1. The predicted molar refractivity (Wildman–Crippen MR) is 68.5 cm³/mol. The lowest BCUT2D eigenvalue weighted by Crippen LogP contribution is -1.97. The molecule has 5 heteroatoms. The number of nitrogens with two attached hydrogens (primary N) is 1. The standard InChI is InChI=1S/C10H8BrClN2S/c11-8-1-2-15-9(8)4-6-3-7(12)5-14-10(6)13/h1-3,5H,4H2,(H2,13,14). The van der Waals surface area contributed by atoms with Crippen LogP contribution in [-0.2, 0) is 6.42 Å². The van der Waals surface area contributed by atoms with Crippen molar-refractivity contribution in [2.24, 2.45) is 0 Å². The van der Waals surface area contributed by atoms with Crippen LogP contribution in [0.2, 0.25) is 5.02 Å².